The molecule has 0 aromatic carbocycles. The molecule has 84 valence electrons. The summed E-state index contributed by atoms with van der Waals surface area (Å²) in [5, 5.41) is 17.9. The molecule has 0 aliphatic rings. The quantitative estimate of drug-likeness (QED) is 0.425. The Labute approximate surface area is 90.2 Å². The number of carbonyl (C=O) groups excluding carboxylic acids is 1. The fourth-order valence-corrected chi connectivity index (χ4v) is 0.926. The van der Waals surface area contributed by atoms with Crippen LogP contribution in [0, 0.1) is 11.3 Å². The van der Waals surface area contributed by atoms with E-state index in [1.54, 1.807) is 19.9 Å². The van der Waals surface area contributed by atoms with Crippen LogP contribution in [0.25, 0.3) is 0 Å². The van der Waals surface area contributed by atoms with Gasteiger partial charge >= 0.3 is 5.97 Å². The number of hydrogen-bond acceptors (Lipinski definition) is 4. The number of carbonyl (C=O) groups is 1. The number of hydrogen-bond donors (Lipinski definition) is 1. The topological polar surface area (TPSA) is 70.3 Å². The van der Waals surface area contributed by atoms with E-state index in [4.69, 9.17) is 10.00 Å². The average molecular weight is 211 g/mol. The summed E-state index contributed by atoms with van der Waals surface area (Å²) in [7, 11) is 0. The molecular weight excluding hydrogens is 194 g/mol. The Bertz CT molecular complexity index is 285. The smallest absolute Gasteiger partial charge is 0.348 e. The number of nitrogens with zero attached hydrogens (tertiary/aromatic N) is 1. The summed E-state index contributed by atoms with van der Waals surface area (Å²) in [6.07, 6.45) is 0.588. The second-order valence-corrected chi connectivity index (χ2v) is 3.47. The van der Waals surface area contributed by atoms with Crippen LogP contribution in [0.5, 0.6) is 0 Å². The number of esters is 1. The molecule has 0 radical (unpaired) electrons. The Morgan fingerprint density at radius 1 is 1.53 bits per heavy atom. The maximum atomic E-state index is 11.3. The van der Waals surface area contributed by atoms with Crippen LogP contribution in [-0.2, 0) is 9.53 Å². The Kier molecular flexibility index (Phi) is 6.39. The summed E-state index contributed by atoms with van der Waals surface area (Å²) >= 11 is 0. The van der Waals surface area contributed by atoms with Crippen LogP contribution in [-0.4, -0.2) is 23.8 Å². The van der Waals surface area contributed by atoms with Crippen LogP contribution in [0.15, 0.2) is 11.1 Å². The van der Waals surface area contributed by atoms with E-state index in [0.717, 1.165) is 0 Å². The van der Waals surface area contributed by atoms with Crippen LogP contribution in [0.3, 0.4) is 0 Å². The minimum atomic E-state index is -0.610. The molecule has 0 aliphatic heterocycles. The molecule has 4 nitrogen and oxygen atoms in total. The van der Waals surface area contributed by atoms with Gasteiger partial charge in [-0.15, -0.1) is 0 Å². The van der Waals surface area contributed by atoms with E-state index in [1.165, 1.54) is 0 Å². The van der Waals surface area contributed by atoms with Gasteiger partial charge in [0.1, 0.15) is 11.6 Å². The van der Waals surface area contributed by atoms with Crippen LogP contribution in [0.1, 0.15) is 33.6 Å². The van der Waals surface area contributed by atoms with E-state index in [-0.39, 0.29) is 12.2 Å². The molecule has 0 bridgehead atoms. The SMILES string of the molecule is CCC(O)CCOC(=O)C(C#N)=C(C)C. The Morgan fingerprint density at radius 3 is 2.53 bits per heavy atom. The molecule has 0 aliphatic carbocycles. The molecule has 1 atom stereocenters. The third-order valence-corrected chi connectivity index (χ3v) is 1.97. The first-order chi connectivity index (χ1) is 7.02. The van der Waals surface area contributed by atoms with Gasteiger partial charge in [-0.1, -0.05) is 12.5 Å². The molecule has 1 unspecified atom stereocenters. The molecule has 0 fully saturated rings. The summed E-state index contributed by atoms with van der Waals surface area (Å²) in [5.74, 6) is -0.610. The maximum absolute atomic E-state index is 11.3. The number of ether oxygens (including phenoxy) is 1. The highest BCUT2D eigenvalue weighted by Gasteiger charge is 2.12. The predicted molar refractivity (Wildman–Crippen MR) is 55.9 cm³/mol. The molecule has 0 rings (SSSR count). The summed E-state index contributed by atoms with van der Waals surface area (Å²) in [5.41, 5.74) is 0.680. The van der Waals surface area contributed by atoms with Crippen molar-refractivity contribution in [2.75, 3.05) is 6.61 Å². The van der Waals surface area contributed by atoms with Gasteiger partial charge in [-0.3, -0.25) is 0 Å². The standard InChI is InChI=1S/C11H17NO3/c1-4-9(13)5-6-15-11(14)10(7-12)8(2)3/h9,13H,4-6H2,1-3H3. The number of rotatable bonds is 5. The molecule has 0 amide bonds. The lowest BCUT2D eigenvalue weighted by atomic mass is 10.2. The van der Waals surface area contributed by atoms with Crippen LogP contribution < -0.4 is 0 Å². The van der Waals surface area contributed by atoms with E-state index in [0.29, 0.717) is 18.4 Å². The van der Waals surface area contributed by atoms with Crippen molar-refractivity contribution in [2.24, 2.45) is 0 Å². The van der Waals surface area contributed by atoms with Gasteiger partial charge in [0.25, 0.3) is 0 Å². The largest absolute Gasteiger partial charge is 0.461 e. The van der Waals surface area contributed by atoms with Gasteiger partial charge in [0.15, 0.2) is 0 Å². The van der Waals surface area contributed by atoms with E-state index < -0.39 is 12.1 Å². The van der Waals surface area contributed by atoms with Crippen molar-refractivity contribution in [2.45, 2.75) is 39.7 Å². The number of nitriles is 1. The zero-order valence-electron chi connectivity index (χ0n) is 9.41. The van der Waals surface area contributed by atoms with Crippen LogP contribution in [0.2, 0.25) is 0 Å². The van der Waals surface area contributed by atoms with Crippen LogP contribution in [0.4, 0.5) is 0 Å². The van der Waals surface area contributed by atoms with Crippen molar-refractivity contribution in [1.82, 2.24) is 0 Å². The molecule has 0 aromatic rings. The van der Waals surface area contributed by atoms with Crippen molar-refractivity contribution >= 4 is 5.97 Å². The van der Waals surface area contributed by atoms with Gasteiger partial charge in [0, 0.05) is 6.42 Å². The van der Waals surface area contributed by atoms with E-state index in [2.05, 4.69) is 0 Å². The van der Waals surface area contributed by atoms with Crippen molar-refractivity contribution < 1.29 is 14.6 Å². The first-order valence-corrected chi connectivity index (χ1v) is 4.95. The highest BCUT2D eigenvalue weighted by molar-refractivity contribution is 5.93. The normalized spacial score (nSPS) is 11.4. The molecule has 15 heavy (non-hydrogen) atoms. The highest BCUT2D eigenvalue weighted by atomic mass is 16.5. The van der Waals surface area contributed by atoms with E-state index >= 15 is 0 Å². The molecule has 0 saturated heterocycles. The zero-order chi connectivity index (χ0) is 11.8. The molecule has 0 heterocycles. The molecule has 1 N–H and O–H groups in total. The summed E-state index contributed by atoms with van der Waals surface area (Å²) in [4.78, 5) is 11.3. The van der Waals surface area contributed by atoms with E-state index in [1.807, 2.05) is 6.92 Å². The first-order valence-electron chi connectivity index (χ1n) is 4.95. The van der Waals surface area contributed by atoms with Gasteiger partial charge in [-0.25, -0.2) is 4.79 Å². The molecular formula is C11H17NO3. The van der Waals surface area contributed by atoms with E-state index in [9.17, 15) is 9.90 Å². The third-order valence-electron chi connectivity index (χ3n) is 1.97. The van der Waals surface area contributed by atoms with Gasteiger partial charge in [0.05, 0.1) is 12.7 Å². The summed E-state index contributed by atoms with van der Waals surface area (Å²) in [6, 6.07) is 1.80. The van der Waals surface area contributed by atoms with Crippen molar-refractivity contribution in [3.63, 3.8) is 0 Å². The fraction of sp³-hybridized carbons (Fsp3) is 0.636. The Hall–Kier alpha value is -1.34. The number of aliphatic hydroxyl groups is 1. The van der Waals surface area contributed by atoms with Crippen LogP contribution >= 0.6 is 0 Å². The Morgan fingerprint density at radius 2 is 2.13 bits per heavy atom. The number of allylic oxidation sites excluding steroid dienone is 1. The fourth-order valence-electron chi connectivity index (χ4n) is 0.926. The predicted octanol–water partition coefficient (Wildman–Crippen LogP) is 1.55. The lowest BCUT2D eigenvalue weighted by Gasteiger charge is -2.08. The third kappa shape index (κ3) is 5.18. The van der Waals surface area contributed by atoms with Crippen molar-refractivity contribution in [3.8, 4) is 6.07 Å². The summed E-state index contributed by atoms with van der Waals surface area (Å²) in [6.45, 7) is 5.36. The minimum absolute atomic E-state index is 0.0426. The second-order valence-electron chi connectivity index (χ2n) is 3.47. The first kappa shape index (κ1) is 13.7. The lowest BCUT2D eigenvalue weighted by Crippen LogP contribution is -2.14. The molecule has 0 saturated carbocycles. The van der Waals surface area contributed by atoms with Gasteiger partial charge in [-0.2, -0.15) is 5.26 Å². The van der Waals surface area contributed by atoms with Crippen molar-refractivity contribution in [3.05, 3.63) is 11.1 Å². The Balaban J connectivity index is 4.06. The van der Waals surface area contributed by atoms with Gasteiger partial charge in [-0.05, 0) is 20.3 Å². The lowest BCUT2D eigenvalue weighted by molar-refractivity contribution is -0.139. The maximum Gasteiger partial charge on any atom is 0.348 e. The average Bonchev–Trinajstić information content (AvgIpc) is 2.17. The minimum Gasteiger partial charge on any atom is -0.461 e. The highest BCUT2D eigenvalue weighted by Crippen LogP contribution is 2.05. The molecule has 0 aromatic heterocycles. The second kappa shape index (κ2) is 7.02. The number of aliphatic hydroxyl groups excluding tert-OH is 1. The summed E-state index contributed by atoms with van der Waals surface area (Å²) < 4.78 is 4.85. The van der Waals surface area contributed by atoms with Gasteiger partial charge in [0.2, 0.25) is 0 Å². The molecule has 4 heteroatoms. The monoisotopic (exact) mass is 211 g/mol. The molecule has 0 spiro atoms. The zero-order valence-corrected chi connectivity index (χ0v) is 9.41. The van der Waals surface area contributed by atoms with Gasteiger partial charge < -0.3 is 9.84 Å². The van der Waals surface area contributed by atoms with Crippen molar-refractivity contribution in [1.29, 1.82) is 5.26 Å².